The van der Waals surface area contributed by atoms with Crippen LogP contribution in [0.1, 0.15) is 28.8 Å². The minimum absolute atomic E-state index is 0.215. The van der Waals surface area contributed by atoms with Crippen LogP contribution < -0.4 is 10.1 Å². The summed E-state index contributed by atoms with van der Waals surface area (Å²) in [5, 5.41) is 11.7. The van der Waals surface area contributed by atoms with Crippen molar-refractivity contribution >= 4 is 28.7 Å². The van der Waals surface area contributed by atoms with E-state index in [1.807, 2.05) is 30.3 Å². The van der Waals surface area contributed by atoms with Gasteiger partial charge in [-0.3, -0.25) is 19.7 Å². The predicted molar refractivity (Wildman–Crippen MR) is 119 cm³/mol. The number of methoxy groups -OCH3 is 1. The summed E-state index contributed by atoms with van der Waals surface area (Å²) < 4.78 is 12.8. The van der Waals surface area contributed by atoms with Gasteiger partial charge in [-0.15, -0.1) is 5.10 Å². The molecule has 3 amide bonds. The number of piperidine rings is 1. The number of furan rings is 1. The maximum atomic E-state index is 12.9. The number of nitrogens with zero attached hydrogens (tertiary/aromatic N) is 4. The molecular formula is C24H19N5O5. The van der Waals surface area contributed by atoms with Crippen molar-refractivity contribution in [3.63, 3.8) is 0 Å². The van der Waals surface area contributed by atoms with Gasteiger partial charge in [-0.25, -0.2) is 4.68 Å². The smallest absolute Gasteiger partial charge is 0.255 e. The number of ether oxygens (including phenoxy) is 1. The summed E-state index contributed by atoms with van der Waals surface area (Å²) >= 11 is 0. The molecule has 1 fully saturated rings. The molecule has 2 aromatic heterocycles. The highest BCUT2D eigenvalue weighted by Gasteiger charge is 2.39. The highest BCUT2D eigenvalue weighted by molar-refractivity contribution is 6.05. The zero-order chi connectivity index (χ0) is 23.4. The largest absolute Gasteiger partial charge is 0.497 e. The van der Waals surface area contributed by atoms with Crippen molar-refractivity contribution in [3.05, 3.63) is 59.8 Å². The Balaban J connectivity index is 1.27. The molecule has 10 nitrogen and oxygen atoms in total. The molecule has 4 heterocycles. The van der Waals surface area contributed by atoms with Gasteiger partial charge in [0, 0.05) is 23.9 Å². The van der Waals surface area contributed by atoms with Crippen molar-refractivity contribution in [1.29, 1.82) is 0 Å². The number of carbonyl (C=O) groups excluding carboxylic acids is 3. The lowest BCUT2D eigenvalue weighted by Crippen LogP contribution is -2.52. The molecule has 0 radical (unpaired) electrons. The molecule has 1 atom stereocenters. The molecule has 2 aliphatic heterocycles. The van der Waals surface area contributed by atoms with Crippen LogP contribution >= 0.6 is 0 Å². The molecule has 34 heavy (non-hydrogen) atoms. The van der Waals surface area contributed by atoms with Gasteiger partial charge in [-0.2, -0.15) is 0 Å². The van der Waals surface area contributed by atoms with Crippen LogP contribution in [0.25, 0.3) is 28.1 Å². The Morgan fingerprint density at radius 2 is 2.00 bits per heavy atom. The molecule has 6 rings (SSSR count). The van der Waals surface area contributed by atoms with E-state index < -0.39 is 11.9 Å². The van der Waals surface area contributed by atoms with Crippen molar-refractivity contribution in [2.45, 2.75) is 25.4 Å². The highest BCUT2D eigenvalue weighted by atomic mass is 16.5. The molecule has 0 aliphatic carbocycles. The number of hydrogen-bond acceptors (Lipinski definition) is 7. The van der Waals surface area contributed by atoms with Crippen LogP contribution in [-0.2, 0) is 16.1 Å². The van der Waals surface area contributed by atoms with Crippen LogP contribution in [0.15, 0.2) is 53.1 Å². The first-order valence-corrected chi connectivity index (χ1v) is 10.8. The third kappa shape index (κ3) is 3.22. The quantitative estimate of drug-likeness (QED) is 0.468. The lowest BCUT2D eigenvalue weighted by Gasteiger charge is -2.29. The molecular weight excluding hydrogens is 438 g/mol. The van der Waals surface area contributed by atoms with E-state index in [4.69, 9.17) is 9.15 Å². The van der Waals surface area contributed by atoms with Gasteiger partial charge in [0.2, 0.25) is 11.8 Å². The molecule has 1 unspecified atom stereocenters. The Morgan fingerprint density at radius 1 is 1.12 bits per heavy atom. The average Bonchev–Trinajstić information content (AvgIpc) is 3.55. The molecule has 10 heteroatoms. The molecule has 1 N–H and O–H groups in total. The van der Waals surface area contributed by atoms with Crippen LogP contribution in [0.3, 0.4) is 0 Å². The molecule has 0 bridgehead atoms. The van der Waals surface area contributed by atoms with Crippen LogP contribution in [0.2, 0.25) is 0 Å². The summed E-state index contributed by atoms with van der Waals surface area (Å²) in [6, 6.07) is 12.2. The van der Waals surface area contributed by atoms with Crippen LogP contribution in [-0.4, -0.2) is 50.8 Å². The fourth-order valence-corrected chi connectivity index (χ4v) is 4.48. The second-order valence-corrected chi connectivity index (χ2v) is 8.30. The van der Waals surface area contributed by atoms with Crippen molar-refractivity contribution in [1.82, 2.24) is 25.2 Å². The van der Waals surface area contributed by atoms with Gasteiger partial charge in [0.1, 0.15) is 23.1 Å². The zero-order valence-electron chi connectivity index (χ0n) is 18.1. The first-order chi connectivity index (χ1) is 16.5. The third-order valence-corrected chi connectivity index (χ3v) is 6.24. The van der Waals surface area contributed by atoms with Crippen LogP contribution in [0.5, 0.6) is 5.75 Å². The standard InChI is InChI=1S/C24H19N5O5/c1-33-16-3-6-20-13(9-16)10-21(34-20)18-12-29(27-26-18)15-2-4-17-14(8-15)11-28(24(17)32)19-5-7-22(30)25-23(19)31/h2-4,6,8-10,12,19H,5,7,11H2,1H3,(H,25,30,31). The summed E-state index contributed by atoms with van der Waals surface area (Å²) in [5.41, 5.74) is 3.35. The van der Waals surface area contributed by atoms with E-state index in [-0.39, 0.29) is 18.2 Å². The maximum Gasteiger partial charge on any atom is 0.255 e. The molecule has 0 saturated carbocycles. The minimum Gasteiger partial charge on any atom is -0.497 e. The van der Waals surface area contributed by atoms with Gasteiger partial charge >= 0.3 is 0 Å². The van der Waals surface area contributed by atoms with E-state index in [0.717, 1.165) is 28.0 Å². The number of amides is 3. The number of fused-ring (bicyclic) bond motifs is 2. The second kappa shape index (κ2) is 7.55. The van der Waals surface area contributed by atoms with Gasteiger partial charge in [-0.05, 0) is 54.4 Å². The van der Waals surface area contributed by atoms with Crippen LogP contribution in [0.4, 0.5) is 0 Å². The number of benzene rings is 2. The molecule has 0 spiro atoms. The highest BCUT2D eigenvalue weighted by Crippen LogP contribution is 2.31. The number of carbonyl (C=O) groups is 3. The summed E-state index contributed by atoms with van der Waals surface area (Å²) in [4.78, 5) is 38.1. The lowest BCUT2D eigenvalue weighted by molar-refractivity contribution is -0.136. The van der Waals surface area contributed by atoms with Crippen molar-refractivity contribution < 1.29 is 23.5 Å². The normalized spacial score (nSPS) is 17.9. The van der Waals surface area contributed by atoms with E-state index in [1.54, 1.807) is 30.1 Å². The molecule has 170 valence electrons. The van der Waals surface area contributed by atoms with Gasteiger partial charge in [0.25, 0.3) is 5.91 Å². The molecule has 2 aliphatic rings. The second-order valence-electron chi connectivity index (χ2n) is 8.30. The van der Waals surface area contributed by atoms with Gasteiger partial charge < -0.3 is 14.1 Å². The Labute approximate surface area is 193 Å². The molecule has 4 aromatic rings. The van der Waals surface area contributed by atoms with Gasteiger partial charge in [0.15, 0.2) is 5.76 Å². The summed E-state index contributed by atoms with van der Waals surface area (Å²) in [6.45, 7) is 0.293. The monoisotopic (exact) mass is 457 g/mol. The Kier molecular flexibility index (Phi) is 4.47. The summed E-state index contributed by atoms with van der Waals surface area (Å²) in [7, 11) is 1.61. The first kappa shape index (κ1) is 20.2. The average molecular weight is 457 g/mol. The minimum atomic E-state index is -0.647. The van der Waals surface area contributed by atoms with Gasteiger partial charge in [-0.1, -0.05) is 5.21 Å². The lowest BCUT2D eigenvalue weighted by atomic mass is 10.0. The van der Waals surface area contributed by atoms with E-state index in [0.29, 0.717) is 30.0 Å². The summed E-state index contributed by atoms with van der Waals surface area (Å²) in [6.07, 6.45) is 2.30. The number of hydrogen-bond donors (Lipinski definition) is 1. The van der Waals surface area contributed by atoms with Crippen molar-refractivity contribution in [3.8, 4) is 22.9 Å². The zero-order valence-corrected chi connectivity index (χ0v) is 18.1. The Hall–Kier alpha value is -4.47. The van der Waals surface area contributed by atoms with Gasteiger partial charge in [0.05, 0.1) is 19.0 Å². The Bertz CT molecular complexity index is 1490. The fourth-order valence-electron chi connectivity index (χ4n) is 4.48. The van der Waals surface area contributed by atoms with Crippen LogP contribution in [0, 0.1) is 0 Å². The number of rotatable bonds is 4. The summed E-state index contributed by atoms with van der Waals surface area (Å²) in [5.74, 6) is 0.366. The fraction of sp³-hybridized carbons (Fsp3) is 0.208. The number of nitrogens with one attached hydrogen (secondary N) is 1. The SMILES string of the molecule is COc1ccc2oc(-c3cn(-c4ccc5c(c4)CN(C4CCC(=O)NC4=O)C5=O)nn3)cc2c1. The molecule has 2 aromatic carbocycles. The topological polar surface area (TPSA) is 120 Å². The number of imide groups is 1. The predicted octanol–water partition coefficient (Wildman–Crippen LogP) is 2.45. The first-order valence-electron chi connectivity index (χ1n) is 10.8. The third-order valence-electron chi connectivity index (χ3n) is 6.24. The van der Waals surface area contributed by atoms with E-state index in [9.17, 15) is 14.4 Å². The van der Waals surface area contributed by atoms with Crippen molar-refractivity contribution in [2.75, 3.05) is 7.11 Å². The van der Waals surface area contributed by atoms with E-state index in [2.05, 4.69) is 15.6 Å². The Morgan fingerprint density at radius 3 is 2.82 bits per heavy atom. The molecule has 1 saturated heterocycles. The van der Waals surface area contributed by atoms with Crippen molar-refractivity contribution in [2.24, 2.45) is 0 Å². The number of aromatic nitrogens is 3. The maximum absolute atomic E-state index is 12.9. The van der Waals surface area contributed by atoms with E-state index >= 15 is 0 Å². The van der Waals surface area contributed by atoms with E-state index in [1.165, 1.54) is 4.90 Å².